The first-order valence-electron chi connectivity index (χ1n) is 11.7. The maximum atomic E-state index is 13.6. The molecule has 1 aliphatic heterocycles. The summed E-state index contributed by atoms with van der Waals surface area (Å²) < 4.78 is 18.6. The Labute approximate surface area is 194 Å². The van der Waals surface area contributed by atoms with Crippen molar-refractivity contribution < 1.29 is 18.7 Å². The summed E-state index contributed by atoms with van der Waals surface area (Å²) in [5.74, 6) is 0.388. The Balaban J connectivity index is 1.22. The lowest BCUT2D eigenvalue weighted by Gasteiger charge is -2.26. The van der Waals surface area contributed by atoms with E-state index in [1.165, 1.54) is 18.7 Å². The molecule has 0 spiro atoms. The largest absolute Gasteiger partial charge is 0.494 e. The van der Waals surface area contributed by atoms with Crippen LogP contribution in [0.3, 0.4) is 0 Å². The van der Waals surface area contributed by atoms with Crippen LogP contribution in [0.2, 0.25) is 0 Å². The minimum Gasteiger partial charge on any atom is -0.494 e. The molecule has 176 valence electrons. The number of nitrogens with zero attached hydrogens (tertiary/aromatic N) is 1. The molecule has 2 aromatic rings. The maximum Gasteiger partial charge on any atom is 0.239 e. The van der Waals surface area contributed by atoms with Crippen LogP contribution in [-0.4, -0.2) is 56.0 Å². The molecule has 0 bridgehead atoms. The van der Waals surface area contributed by atoms with Gasteiger partial charge in [0.05, 0.1) is 20.1 Å². The average Bonchev–Trinajstić information content (AvgIpc) is 3.29. The van der Waals surface area contributed by atoms with Crippen molar-refractivity contribution in [2.24, 2.45) is 0 Å². The quantitative estimate of drug-likeness (QED) is 0.645. The van der Waals surface area contributed by atoms with E-state index in [9.17, 15) is 14.0 Å². The molecule has 4 rings (SSSR count). The number of carbonyl (C=O) groups excluding carboxylic acids is 2. The fourth-order valence-electron chi connectivity index (χ4n) is 4.80. The third-order valence-corrected chi connectivity index (χ3v) is 6.69. The molecule has 2 fully saturated rings. The fraction of sp³-hybridized carbons (Fsp3) is 0.462. The molecule has 6 nitrogen and oxygen atoms in total. The first-order valence-corrected chi connectivity index (χ1v) is 11.7. The summed E-state index contributed by atoms with van der Waals surface area (Å²) >= 11 is 0. The highest BCUT2D eigenvalue weighted by molar-refractivity contribution is 5.86. The molecule has 1 saturated carbocycles. The van der Waals surface area contributed by atoms with Crippen molar-refractivity contribution in [2.75, 3.05) is 33.3 Å². The van der Waals surface area contributed by atoms with E-state index in [2.05, 4.69) is 22.8 Å². The van der Waals surface area contributed by atoms with Gasteiger partial charge in [-0.15, -0.1) is 0 Å². The van der Waals surface area contributed by atoms with Crippen LogP contribution in [0, 0.1) is 5.82 Å². The lowest BCUT2D eigenvalue weighted by atomic mass is 9.95. The molecule has 0 aromatic heterocycles. The second kappa shape index (κ2) is 10.8. The second-order valence-corrected chi connectivity index (χ2v) is 8.96. The third-order valence-electron chi connectivity index (χ3n) is 6.69. The Hall–Kier alpha value is -2.93. The first kappa shape index (κ1) is 23.2. The lowest BCUT2D eigenvalue weighted by Crippen LogP contribution is -2.50. The van der Waals surface area contributed by atoms with Crippen molar-refractivity contribution in [2.45, 2.75) is 44.1 Å². The Morgan fingerprint density at radius 2 is 1.97 bits per heavy atom. The zero-order chi connectivity index (χ0) is 23.2. The zero-order valence-corrected chi connectivity index (χ0v) is 19.1. The van der Waals surface area contributed by atoms with Gasteiger partial charge in [-0.2, -0.15) is 0 Å². The number of piperazine rings is 1. The van der Waals surface area contributed by atoms with Crippen molar-refractivity contribution in [1.82, 2.24) is 15.5 Å². The summed E-state index contributed by atoms with van der Waals surface area (Å²) in [5.41, 5.74) is 3.36. The number of methoxy groups -OCH3 is 1. The lowest BCUT2D eigenvalue weighted by molar-refractivity contribution is -0.137. The van der Waals surface area contributed by atoms with E-state index >= 15 is 0 Å². The van der Waals surface area contributed by atoms with E-state index in [0.717, 1.165) is 43.4 Å². The molecule has 1 heterocycles. The van der Waals surface area contributed by atoms with Crippen LogP contribution in [0.15, 0.2) is 42.5 Å². The topological polar surface area (TPSA) is 70.7 Å². The van der Waals surface area contributed by atoms with Gasteiger partial charge in [-0.1, -0.05) is 30.3 Å². The number of hydrogen-bond donors (Lipinski definition) is 2. The number of amides is 2. The van der Waals surface area contributed by atoms with Crippen LogP contribution in [0.5, 0.6) is 5.75 Å². The normalized spacial score (nSPS) is 20.5. The monoisotopic (exact) mass is 453 g/mol. The molecule has 2 aliphatic rings. The van der Waals surface area contributed by atoms with Crippen molar-refractivity contribution >= 4 is 11.8 Å². The van der Waals surface area contributed by atoms with Gasteiger partial charge >= 0.3 is 0 Å². The standard InChI is InChI=1S/C26H32FN3O3/c1-33-24-14-19(4-9-23(24)27)10-11-28-22-8-7-21(16-22)20-5-2-18(3-6-20)15-26(32)30-13-12-29-25(31)17-30/h2-6,9,14,21-22,28H,7-8,10-13,15-17H2,1H3,(H,29,31)/t21-,22+/m1/s1. The Kier molecular flexibility index (Phi) is 7.60. The summed E-state index contributed by atoms with van der Waals surface area (Å²) in [6.07, 6.45) is 4.53. The van der Waals surface area contributed by atoms with Gasteiger partial charge < -0.3 is 20.3 Å². The summed E-state index contributed by atoms with van der Waals surface area (Å²) in [4.78, 5) is 25.6. The highest BCUT2D eigenvalue weighted by atomic mass is 19.1. The molecule has 1 aliphatic carbocycles. The van der Waals surface area contributed by atoms with Gasteiger partial charge in [0.15, 0.2) is 11.6 Å². The predicted octanol–water partition coefficient (Wildman–Crippen LogP) is 2.80. The van der Waals surface area contributed by atoms with Crippen molar-refractivity contribution in [1.29, 1.82) is 0 Å². The molecule has 2 N–H and O–H groups in total. The number of halogens is 1. The highest BCUT2D eigenvalue weighted by Crippen LogP contribution is 2.34. The van der Waals surface area contributed by atoms with Crippen LogP contribution in [-0.2, 0) is 22.4 Å². The molecule has 0 radical (unpaired) electrons. The Morgan fingerprint density at radius 1 is 1.18 bits per heavy atom. The highest BCUT2D eigenvalue weighted by Gasteiger charge is 2.26. The second-order valence-electron chi connectivity index (χ2n) is 8.96. The van der Waals surface area contributed by atoms with Crippen LogP contribution in [0.1, 0.15) is 41.9 Å². The van der Waals surface area contributed by atoms with Crippen molar-refractivity contribution in [3.05, 3.63) is 65.0 Å². The van der Waals surface area contributed by atoms with E-state index < -0.39 is 0 Å². The summed E-state index contributed by atoms with van der Waals surface area (Å²) in [6, 6.07) is 13.9. The number of ether oxygens (including phenoxy) is 1. The van der Waals surface area contributed by atoms with Gasteiger partial charge in [-0.25, -0.2) is 4.39 Å². The SMILES string of the molecule is COc1cc(CCN[C@H]2CC[C@@H](c3ccc(CC(=O)N4CCNC(=O)C4)cc3)C2)ccc1F. The number of rotatable bonds is 8. The van der Waals surface area contributed by atoms with Crippen molar-refractivity contribution in [3.8, 4) is 5.75 Å². The zero-order valence-electron chi connectivity index (χ0n) is 19.1. The molecular formula is C26H32FN3O3. The molecule has 2 amide bonds. The van der Waals surface area contributed by atoms with Crippen LogP contribution in [0.25, 0.3) is 0 Å². The van der Waals surface area contributed by atoms with Gasteiger partial charge in [0.2, 0.25) is 11.8 Å². The molecule has 0 unspecified atom stereocenters. The minimum absolute atomic E-state index is 0.00139. The van der Waals surface area contributed by atoms with Crippen LogP contribution < -0.4 is 15.4 Å². The Bertz CT molecular complexity index is 979. The van der Waals surface area contributed by atoms with E-state index in [1.54, 1.807) is 11.0 Å². The maximum absolute atomic E-state index is 13.6. The smallest absolute Gasteiger partial charge is 0.239 e. The number of hydrogen-bond acceptors (Lipinski definition) is 4. The molecular weight excluding hydrogens is 421 g/mol. The van der Waals surface area contributed by atoms with Crippen molar-refractivity contribution in [3.63, 3.8) is 0 Å². The minimum atomic E-state index is -0.331. The molecule has 33 heavy (non-hydrogen) atoms. The van der Waals surface area contributed by atoms with Gasteiger partial charge in [-0.3, -0.25) is 9.59 Å². The van der Waals surface area contributed by atoms with E-state index in [-0.39, 0.29) is 24.2 Å². The predicted molar refractivity (Wildman–Crippen MR) is 125 cm³/mol. The number of nitrogens with one attached hydrogen (secondary N) is 2. The van der Waals surface area contributed by atoms with E-state index in [4.69, 9.17) is 4.74 Å². The molecule has 1 saturated heterocycles. The summed E-state index contributed by atoms with van der Waals surface area (Å²) in [7, 11) is 1.48. The first-order chi connectivity index (χ1) is 16.0. The van der Waals surface area contributed by atoms with Gasteiger partial charge in [-0.05, 0) is 67.0 Å². The van der Waals surface area contributed by atoms with Gasteiger partial charge in [0, 0.05) is 19.1 Å². The fourth-order valence-corrected chi connectivity index (χ4v) is 4.80. The number of carbonyl (C=O) groups is 2. The molecule has 2 atom stereocenters. The third kappa shape index (κ3) is 6.11. The van der Waals surface area contributed by atoms with Gasteiger partial charge in [0.1, 0.15) is 0 Å². The van der Waals surface area contributed by atoms with E-state index in [1.807, 2.05) is 18.2 Å². The molecule has 2 aromatic carbocycles. The average molecular weight is 454 g/mol. The molecule has 7 heteroatoms. The van der Waals surface area contributed by atoms with Gasteiger partial charge in [0.25, 0.3) is 0 Å². The van der Waals surface area contributed by atoms with E-state index in [0.29, 0.717) is 37.2 Å². The summed E-state index contributed by atoms with van der Waals surface area (Å²) in [5, 5.41) is 6.39. The van der Waals surface area contributed by atoms with Crippen LogP contribution in [0.4, 0.5) is 4.39 Å². The van der Waals surface area contributed by atoms with Crippen LogP contribution >= 0.6 is 0 Å². The summed E-state index contributed by atoms with van der Waals surface area (Å²) in [6.45, 7) is 2.11. The number of benzene rings is 2. The Morgan fingerprint density at radius 3 is 2.73 bits per heavy atom.